The van der Waals surface area contributed by atoms with Crippen molar-refractivity contribution in [2.24, 2.45) is 22.9 Å². The summed E-state index contributed by atoms with van der Waals surface area (Å²) in [4.78, 5) is 0. The Kier molecular flexibility index (Phi) is 17.5. The van der Waals surface area contributed by atoms with Crippen LogP contribution < -0.4 is 22.9 Å². The largest absolute Gasteiger partial charge is 0.353 e. The molecule has 0 spiro atoms. The summed E-state index contributed by atoms with van der Waals surface area (Å²) in [5, 5.41) is 32.1. The van der Waals surface area contributed by atoms with Crippen LogP contribution in [0.1, 0.15) is 0 Å². The smallest absolute Gasteiger partial charge is 0.232 e. The Morgan fingerprint density at radius 2 is 0.857 bits per heavy atom. The summed E-state index contributed by atoms with van der Waals surface area (Å²) in [6, 6.07) is 0. The van der Waals surface area contributed by atoms with Gasteiger partial charge in [0, 0.05) is 20.4 Å². The fourth-order valence-electron chi connectivity index (χ4n) is 0. The van der Waals surface area contributed by atoms with Gasteiger partial charge in [0.1, 0.15) is 0 Å². The van der Waals surface area contributed by atoms with Gasteiger partial charge in [0.2, 0.25) is 11.8 Å². The van der Waals surface area contributed by atoms with E-state index in [0.29, 0.717) is 0 Å². The van der Waals surface area contributed by atoms with Gasteiger partial charge in [-0.3, -0.25) is 11.5 Å². The van der Waals surface area contributed by atoms with Crippen LogP contribution in [0.5, 0.6) is 0 Å². The van der Waals surface area contributed by atoms with Crippen LogP contribution >= 0.6 is 12.4 Å². The Morgan fingerprint density at radius 1 is 0.786 bits per heavy atom. The molecular formula is C4H17ClN4O4Re. The minimum absolute atomic E-state index is 0. The van der Waals surface area contributed by atoms with E-state index in [9.17, 15) is 0 Å². The average molecular weight is 407 g/mol. The maximum Gasteiger partial charge on any atom is 0.232 e. The molecule has 0 fully saturated rings. The first-order valence-corrected chi connectivity index (χ1v) is 3.00. The second-order valence-electron chi connectivity index (χ2n) is 2.17. The van der Waals surface area contributed by atoms with Gasteiger partial charge in [-0.05, 0) is 0 Å². The molecule has 91 valence electrons. The molecule has 8 nitrogen and oxygen atoms in total. The Morgan fingerprint density at radius 3 is 0.857 bits per heavy atom. The van der Waals surface area contributed by atoms with Crippen LogP contribution in [0.4, 0.5) is 0 Å². The van der Waals surface area contributed by atoms with Crippen molar-refractivity contribution in [3.8, 4) is 0 Å². The van der Waals surface area contributed by atoms with E-state index in [1.54, 1.807) is 0 Å². The van der Waals surface area contributed by atoms with E-state index in [0.717, 1.165) is 0 Å². The van der Waals surface area contributed by atoms with Gasteiger partial charge in [0.15, 0.2) is 0 Å². The summed E-state index contributed by atoms with van der Waals surface area (Å²) in [6.07, 6.45) is 0. The third-order valence-corrected chi connectivity index (χ3v) is 0.601. The van der Waals surface area contributed by atoms with Crippen molar-refractivity contribution in [3.63, 3.8) is 0 Å². The molecule has 10 heteroatoms. The van der Waals surface area contributed by atoms with E-state index >= 15 is 0 Å². The molecule has 0 heterocycles. The van der Waals surface area contributed by atoms with Gasteiger partial charge in [-0.15, -0.1) is 12.4 Å². The van der Waals surface area contributed by atoms with Crippen LogP contribution in [0.15, 0.2) is 0 Å². The Bertz CT molecular complexity index is 103. The van der Waals surface area contributed by atoms with E-state index in [-0.39, 0.29) is 45.9 Å². The molecule has 0 saturated carbocycles. The van der Waals surface area contributed by atoms with Crippen molar-refractivity contribution in [2.45, 2.75) is 11.8 Å². The molecule has 0 aliphatic heterocycles. The van der Waals surface area contributed by atoms with Crippen LogP contribution in [-0.2, 0) is 20.4 Å². The van der Waals surface area contributed by atoms with Crippen molar-refractivity contribution in [2.75, 3.05) is 13.1 Å². The molecule has 0 saturated heterocycles. The fourth-order valence-corrected chi connectivity index (χ4v) is 0. The molecule has 1 radical (unpaired) electrons. The minimum Gasteiger partial charge on any atom is -0.353 e. The van der Waals surface area contributed by atoms with Gasteiger partial charge in [-0.25, -0.2) is 0 Å². The Labute approximate surface area is 101 Å². The standard InChI is InChI=1S/2C2H8N2O2.ClH.Re/c2*3-1-2(4,5)6;;/h2*5-6H,1,3-4H2;1H;. The number of aliphatic hydroxyl groups is 4. The van der Waals surface area contributed by atoms with Crippen molar-refractivity contribution < 1.29 is 40.8 Å². The molecule has 14 heavy (non-hydrogen) atoms. The Hall–Kier alpha value is 0.632. The summed E-state index contributed by atoms with van der Waals surface area (Å²) in [5.41, 5.74) is 18.4. The molecule has 0 rings (SSSR count). The topological polar surface area (TPSA) is 185 Å². The van der Waals surface area contributed by atoms with Crippen LogP contribution in [0.3, 0.4) is 0 Å². The predicted octanol–water partition coefficient (Wildman–Crippen LogP) is -4.50. The third kappa shape index (κ3) is 38.9. The summed E-state index contributed by atoms with van der Waals surface area (Å²) >= 11 is 0. The first-order chi connectivity index (χ1) is 5.12. The van der Waals surface area contributed by atoms with Crippen molar-refractivity contribution >= 4 is 12.4 Å². The molecule has 0 atom stereocenters. The number of nitrogens with two attached hydrogens (primary N) is 4. The first kappa shape index (κ1) is 24.1. The van der Waals surface area contributed by atoms with Gasteiger partial charge >= 0.3 is 0 Å². The van der Waals surface area contributed by atoms with Crippen molar-refractivity contribution in [1.82, 2.24) is 0 Å². The van der Waals surface area contributed by atoms with Gasteiger partial charge < -0.3 is 31.9 Å². The predicted molar refractivity (Wildman–Crippen MR) is 48.1 cm³/mol. The molecule has 0 aliphatic rings. The molecule has 0 aliphatic carbocycles. The second kappa shape index (κ2) is 10.2. The monoisotopic (exact) mass is 407 g/mol. The molecule has 0 bridgehead atoms. The quantitative estimate of drug-likeness (QED) is 0.211. The van der Waals surface area contributed by atoms with Crippen molar-refractivity contribution in [1.29, 1.82) is 0 Å². The normalized spacial score (nSPS) is 10.3. The van der Waals surface area contributed by atoms with E-state index < -0.39 is 11.8 Å². The molecule has 0 aromatic carbocycles. The van der Waals surface area contributed by atoms with E-state index in [4.69, 9.17) is 20.4 Å². The zero-order valence-electron chi connectivity index (χ0n) is 7.30. The van der Waals surface area contributed by atoms with Gasteiger partial charge in [0.05, 0.1) is 13.1 Å². The minimum atomic E-state index is -2.18. The zero-order valence-corrected chi connectivity index (χ0v) is 10.8. The number of hydrogen-bond acceptors (Lipinski definition) is 8. The van der Waals surface area contributed by atoms with Crippen molar-refractivity contribution in [3.05, 3.63) is 0 Å². The fraction of sp³-hybridized carbons (Fsp3) is 1.00. The van der Waals surface area contributed by atoms with Crippen LogP contribution in [0.25, 0.3) is 0 Å². The molecule has 0 amide bonds. The van der Waals surface area contributed by atoms with E-state index in [1.165, 1.54) is 0 Å². The van der Waals surface area contributed by atoms with Gasteiger partial charge in [-0.1, -0.05) is 0 Å². The first-order valence-electron chi connectivity index (χ1n) is 3.00. The maximum atomic E-state index is 8.03. The van der Waals surface area contributed by atoms with Crippen LogP contribution in [0.2, 0.25) is 0 Å². The van der Waals surface area contributed by atoms with Crippen LogP contribution in [0, 0.1) is 0 Å². The molecule has 0 aromatic heterocycles. The third-order valence-electron chi connectivity index (χ3n) is 0.601. The van der Waals surface area contributed by atoms with Crippen LogP contribution in [-0.4, -0.2) is 45.3 Å². The summed E-state index contributed by atoms with van der Waals surface area (Å²) in [7, 11) is 0. The molecule has 0 unspecified atom stereocenters. The average Bonchev–Trinajstić information content (AvgIpc) is 1.86. The molecule has 12 N–H and O–H groups in total. The Balaban J connectivity index is -0.0000000625. The second-order valence-corrected chi connectivity index (χ2v) is 2.17. The number of hydrogen-bond donors (Lipinski definition) is 8. The SMILES string of the molecule is Cl.NCC(N)(O)O.NCC(N)(O)O.[Re]. The maximum absolute atomic E-state index is 8.03. The number of rotatable bonds is 2. The van der Waals surface area contributed by atoms with Gasteiger partial charge in [-0.2, -0.15) is 0 Å². The van der Waals surface area contributed by atoms with E-state index in [2.05, 4.69) is 22.9 Å². The number of halogens is 1. The van der Waals surface area contributed by atoms with Gasteiger partial charge in [0.25, 0.3) is 0 Å². The summed E-state index contributed by atoms with van der Waals surface area (Å²) in [6.45, 7) is -0.681. The summed E-state index contributed by atoms with van der Waals surface area (Å²) in [5.74, 6) is -4.36. The zero-order chi connectivity index (χ0) is 10.4. The molecule has 0 aromatic rings. The summed E-state index contributed by atoms with van der Waals surface area (Å²) < 4.78 is 0. The molecular weight excluding hydrogens is 390 g/mol. The van der Waals surface area contributed by atoms with E-state index in [1.807, 2.05) is 0 Å².